The molecule has 7 heteroatoms. The number of nitrogens with one attached hydrogen (secondary N) is 2. The van der Waals surface area contributed by atoms with Gasteiger partial charge in [0.25, 0.3) is 5.91 Å². The Labute approximate surface area is 152 Å². The lowest BCUT2D eigenvalue weighted by atomic mass is 9.96. The normalized spacial score (nSPS) is 12.7. The van der Waals surface area contributed by atoms with E-state index in [0.29, 0.717) is 10.6 Å². The van der Waals surface area contributed by atoms with E-state index in [9.17, 15) is 9.59 Å². The van der Waals surface area contributed by atoms with Crippen LogP contribution in [0.4, 0.5) is 5.00 Å². The summed E-state index contributed by atoms with van der Waals surface area (Å²) in [6, 6.07) is 3.70. The maximum atomic E-state index is 12.6. The van der Waals surface area contributed by atoms with Gasteiger partial charge in [0.15, 0.2) is 0 Å². The number of aromatic nitrogens is 2. The van der Waals surface area contributed by atoms with Crippen molar-refractivity contribution in [2.24, 2.45) is 5.41 Å². The van der Waals surface area contributed by atoms with Crippen LogP contribution in [-0.2, 0) is 11.3 Å². The van der Waals surface area contributed by atoms with E-state index >= 15 is 0 Å². The van der Waals surface area contributed by atoms with Gasteiger partial charge in [-0.2, -0.15) is 5.10 Å². The van der Waals surface area contributed by atoms with Gasteiger partial charge in [-0.1, -0.05) is 20.8 Å². The topological polar surface area (TPSA) is 76.0 Å². The summed E-state index contributed by atoms with van der Waals surface area (Å²) in [4.78, 5) is 25.8. The van der Waals surface area contributed by atoms with Crippen LogP contribution in [0, 0.1) is 12.3 Å². The third-order valence-electron chi connectivity index (χ3n) is 3.74. The molecule has 0 saturated carbocycles. The van der Waals surface area contributed by atoms with Gasteiger partial charge in [0, 0.05) is 35.3 Å². The number of hydrogen-bond donors (Lipinski definition) is 2. The number of aryl methyl sites for hydroxylation is 2. The molecule has 2 amide bonds. The van der Waals surface area contributed by atoms with E-state index in [1.54, 1.807) is 6.20 Å². The van der Waals surface area contributed by atoms with Crippen LogP contribution in [-0.4, -0.2) is 27.6 Å². The van der Waals surface area contributed by atoms with Gasteiger partial charge < -0.3 is 10.6 Å². The van der Waals surface area contributed by atoms with E-state index in [-0.39, 0.29) is 17.9 Å². The number of nitrogens with zero attached hydrogens (tertiary/aromatic N) is 2. The first kappa shape index (κ1) is 19.2. The Morgan fingerprint density at radius 2 is 2.08 bits per heavy atom. The van der Waals surface area contributed by atoms with Gasteiger partial charge >= 0.3 is 0 Å². The summed E-state index contributed by atoms with van der Waals surface area (Å²) in [5.41, 5.74) is 0.00827. The smallest absolute Gasteiger partial charge is 0.254 e. The van der Waals surface area contributed by atoms with E-state index in [4.69, 9.17) is 0 Å². The molecule has 1 atom stereocenters. The van der Waals surface area contributed by atoms with E-state index in [0.717, 1.165) is 17.8 Å². The van der Waals surface area contributed by atoms with Crippen molar-refractivity contribution in [1.29, 1.82) is 0 Å². The van der Waals surface area contributed by atoms with Crippen LogP contribution in [0.15, 0.2) is 24.5 Å². The monoisotopic (exact) mass is 362 g/mol. The lowest BCUT2D eigenvalue weighted by Gasteiger charge is -2.18. The lowest BCUT2D eigenvalue weighted by molar-refractivity contribution is -0.123. The molecule has 0 aliphatic rings. The molecular formula is C18H26N4O2S. The highest BCUT2D eigenvalue weighted by Gasteiger charge is 2.24. The average molecular weight is 362 g/mol. The summed E-state index contributed by atoms with van der Waals surface area (Å²) in [5.74, 6) is -0.267. The molecule has 0 aromatic carbocycles. The van der Waals surface area contributed by atoms with Crippen molar-refractivity contribution in [1.82, 2.24) is 15.1 Å². The number of rotatable bonds is 6. The molecule has 0 unspecified atom stereocenters. The third kappa shape index (κ3) is 5.42. The Bertz CT molecular complexity index is 729. The van der Waals surface area contributed by atoms with E-state index < -0.39 is 5.41 Å². The molecule has 2 aromatic heterocycles. The fraction of sp³-hybridized carbons (Fsp3) is 0.500. The van der Waals surface area contributed by atoms with Crippen molar-refractivity contribution in [3.05, 3.63) is 35.0 Å². The maximum Gasteiger partial charge on any atom is 0.254 e. The highest BCUT2D eigenvalue weighted by atomic mass is 32.1. The van der Waals surface area contributed by atoms with Crippen molar-refractivity contribution in [2.45, 2.75) is 53.6 Å². The largest absolute Gasteiger partial charge is 0.349 e. The van der Waals surface area contributed by atoms with E-state index in [1.165, 1.54) is 11.3 Å². The number of amides is 2. The van der Waals surface area contributed by atoms with Crippen molar-refractivity contribution in [2.75, 3.05) is 5.32 Å². The molecule has 0 aliphatic heterocycles. The predicted octanol–water partition coefficient (Wildman–Crippen LogP) is 3.45. The Morgan fingerprint density at radius 3 is 2.68 bits per heavy atom. The van der Waals surface area contributed by atoms with Gasteiger partial charge in [-0.25, -0.2) is 0 Å². The van der Waals surface area contributed by atoms with Crippen LogP contribution in [0.25, 0.3) is 0 Å². The first-order valence-electron chi connectivity index (χ1n) is 8.37. The third-order valence-corrected chi connectivity index (χ3v) is 4.70. The van der Waals surface area contributed by atoms with Crippen LogP contribution in [0.5, 0.6) is 0 Å². The molecule has 2 rings (SSSR count). The molecule has 2 N–H and O–H groups in total. The second kappa shape index (κ2) is 7.82. The van der Waals surface area contributed by atoms with Gasteiger partial charge in [-0.05, 0) is 32.4 Å². The van der Waals surface area contributed by atoms with Crippen LogP contribution in [0.3, 0.4) is 0 Å². The Morgan fingerprint density at radius 1 is 1.36 bits per heavy atom. The standard InChI is InChI=1S/C18H26N4O2S/c1-12(7-10-22-9-6-8-19-22)20-15(23)14-11-13(2)25-16(14)21-17(24)18(3,4)5/h6,8-9,11-12H,7,10H2,1-5H3,(H,20,23)(H,21,24)/t12-/m0/s1. The number of thiophene rings is 1. The molecule has 0 aliphatic carbocycles. The number of hydrogen-bond acceptors (Lipinski definition) is 4. The highest BCUT2D eigenvalue weighted by molar-refractivity contribution is 7.16. The fourth-order valence-electron chi connectivity index (χ4n) is 2.20. The molecular weight excluding hydrogens is 336 g/mol. The number of carbonyl (C=O) groups is 2. The Balaban J connectivity index is 2.00. The van der Waals surface area contributed by atoms with Crippen LogP contribution in [0.2, 0.25) is 0 Å². The average Bonchev–Trinajstić information content (AvgIpc) is 3.13. The predicted molar refractivity (Wildman–Crippen MR) is 101 cm³/mol. The van der Waals surface area contributed by atoms with Crippen molar-refractivity contribution < 1.29 is 9.59 Å². The van der Waals surface area contributed by atoms with Gasteiger partial charge in [0.1, 0.15) is 5.00 Å². The summed E-state index contributed by atoms with van der Waals surface area (Å²) in [7, 11) is 0. The second-order valence-electron chi connectivity index (χ2n) is 7.24. The summed E-state index contributed by atoms with van der Waals surface area (Å²) in [6.45, 7) is 10.2. The summed E-state index contributed by atoms with van der Waals surface area (Å²) < 4.78 is 1.84. The van der Waals surface area contributed by atoms with E-state index in [1.807, 2.05) is 57.6 Å². The maximum absolute atomic E-state index is 12.6. The zero-order chi connectivity index (χ0) is 18.6. The van der Waals surface area contributed by atoms with Gasteiger partial charge in [-0.15, -0.1) is 11.3 Å². The van der Waals surface area contributed by atoms with Crippen molar-refractivity contribution in [3.8, 4) is 0 Å². The van der Waals surface area contributed by atoms with Gasteiger partial charge in [-0.3, -0.25) is 14.3 Å². The fourth-order valence-corrected chi connectivity index (χ4v) is 3.10. The SMILES string of the molecule is Cc1cc(C(=O)N[C@@H](C)CCn2cccn2)c(NC(=O)C(C)(C)C)s1. The lowest BCUT2D eigenvalue weighted by Crippen LogP contribution is -2.34. The summed E-state index contributed by atoms with van der Waals surface area (Å²) in [5, 5.41) is 10.6. The van der Waals surface area contributed by atoms with Crippen LogP contribution >= 0.6 is 11.3 Å². The van der Waals surface area contributed by atoms with Gasteiger partial charge in [0.05, 0.1) is 5.56 Å². The molecule has 0 spiro atoms. The van der Waals surface area contributed by atoms with Crippen molar-refractivity contribution in [3.63, 3.8) is 0 Å². The van der Waals surface area contributed by atoms with E-state index in [2.05, 4.69) is 15.7 Å². The minimum atomic E-state index is -0.511. The Kier molecular flexibility index (Phi) is 6.00. The molecule has 0 fully saturated rings. The zero-order valence-electron chi connectivity index (χ0n) is 15.4. The molecule has 2 aromatic rings. The summed E-state index contributed by atoms with van der Waals surface area (Å²) in [6.07, 6.45) is 4.42. The number of anilines is 1. The molecule has 2 heterocycles. The molecule has 25 heavy (non-hydrogen) atoms. The molecule has 0 bridgehead atoms. The highest BCUT2D eigenvalue weighted by Crippen LogP contribution is 2.29. The van der Waals surface area contributed by atoms with Crippen LogP contribution in [0.1, 0.15) is 49.4 Å². The second-order valence-corrected chi connectivity index (χ2v) is 8.49. The van der Waals surface area contributed by atoms with Gasteiger partial charge in [0.2, 0.25) is 5.91 Å². The molecule has 0 saturated heterocycles. The molecule has 136 valence electrons. The minimum absolute atomic E-state index is 0.00285. The minimum Gasteiger partial charge on any atom is -0.349 e. The first-order chi connectivity index (χ1) is 11.7. The van der Waals surface area contributed by atoms with Crippen LogP contribution < -0.4 is 10.6 Å². The zero-order valence-corrected chi connectivity index (χ0v) is 16.2. The molecule has 0 radical (unpaired) electrons. The number of carbonyl (C=O) groups excluding carboxylic acids is 2. The quantitative estimate of drug-likeness (QED) is 0.826. The summed E-state index contributed by atoms with van der Waals surface area (Å²) >= 11 is 1.42. The van der Waals surface area contributed by atoms with Crippen molar-refractivity contribution >= 4 is 28.2 Å². The first-order valence-corrected chi connectivity index (χ1v) is 9.18. The molecule has 6 nitrogen and oxygen atoms in total. The Hall–Kier alpha value is -2.15.